The molecule has 0 amide bonds. The summed E-state index contributed by atoms with van der Waals surface area (Å²) in [6, 6.07) is 4.17. The van der Waals surface area contributed by atoms with Gasteiger partial charge in [0, 0.05) is 12.1 Å². The van der Waals surface area contributed by atoms with Gasteiger partial charge in [-0.05, 0) is 12.5 Å². The second-order valence-electron chi connectivity index (χ2n) is 2.04. The average Bonchev–Trinajstić information content (AvgIpc) is 1.77. The van der Waals surface area contributed by atoms with Gasteiger partial charge in [-0.15, -0.1) is 12.4 Å². The summed E-state index contributed by atoms with van der Waals surface area (Å²) in [5, 5.41) is 0. The van der Waals surface area contributed by atoms with Gasteiger partial charge in [0.2, 0.25) is 0 Å². The van der Waals surface area contributed by atoms with E-state index in [2.05, 4.69) is 19.1 Å². The normalized spacial score (nSPS) is 8.22. The lowest BCUT2D eigenvalue weighted by Crippen LogP contribution is -2.25. The molecule has 0 bridgehead atoms. The maximum Gasteiger partial charge on any atom is 0.168 e. The lowest BCUT2D eigenvalue weighted by Gasteiger charge is -1.85. The molecule has 0 aliphatic rings. The maximum absolute atomic E-state index is 2.08. The molecule has 1 nitrogen and oxygen atoms in total. The van der Waals surface area contributed by atoms with Crippen LogP contribution in [0.5, 0.6) is 0 Å². The Morgan fingerprint density at radius 1 is 1.22 bits per heavy atom. The van der Waals surface area contributed by atoms with E-state index in [1.165, 1.54) is 5.56 Å². The van der Waals surface area contributed by atoms with Crippen molar-refractivity contribution in [3.8, 4) is 0 Å². The van der Waals surface area contributed by atoms with Crippen molar-refractivity contribution < 1.29 is 4.57 Å². The number of hydrogen-bond acceptors (Lipinski definition) is 0. The highest BCUT2D eigenvalue weighted by Crippen LogP contribution is 1.87. The fraction of sp³-hybridized carbons (Fsp3) is 0.286. The Balaban J connectivity index is 0.000000640. The summed E-state index contributed by atoms with van der Waals surface area (Å²) in [6.45, 7) is 2.08. The molecule has 0 aromatic carbocycles. The van der Waals surface area contributed by atoms with E-state index < -0.39 is 0 Å². The molecule has 0 spiro atoms. The molecule has 0 N–H and O–H groups in total. The van der Waals surface area contributed by atoms with Crippen LogP contribution < -0.4 is 4.57 Å². The number of aromatic nitrogens is 1. The predicted molar refractivity (Wildman–Crippen MR) is 39.6 cm³/mol. The third-order valence-corrected chi connectivity index (χ3v) is 1.15. The number of aryl methyl sites for hydroxylation is 2. The van der Waals surface area contributed by atoms with Crippen molar-refractivity contribution in [2.75, 3.05) is 0 Å². The quantitative estimate of drug-likeness (QED) is 0.483. The number of hydrogen-bond donors (Lipinski definition) is 0. The molecule has 2 heteroatoms. The van der Waals surface area contributed by atoms with Crippen molar-refractivity contribution in [3.63, 3.8) is 0 Å². The van der Waals surface area contributed by atoms with Gasteiger partial charge in [0.25, 0.3) is 0 Å². The summed E-state index contributed by atoms with van der Waals surface area (Å²) in [4.78, 5) is 0. The predicted octanol–water partition coefficient (Wildman–Crippen LogP) is 1.24. The van der Waals surface area contributed by atoms with E-state index in [1.807, 2.05) is 24.0 Å². The zero-order valence-electron chi connectivity index (χ0n) is 5.66. The molecular weight excluding hydrogens is 134 g/mol. The molecule has 1 heterocycles. The van der Waals surface area contributed by atoms with Gasteiger partial charge in [-0.25, -0.2) is 4.57 Å². The Kier molecular flexibility index (Phi) is 3.25. The van der Waals surface area contributed by atoms with Gasteiger partial charge in [0.05, 0.1) is 0 Å². The third-order valence-electron chi connectivity index (χ3n) is 1.15. The van der Waals surface area contributed by atoms with E-state index in [0.717, 1.165) is 0 Å². The molecule has 0 unspecified atom stereocenters. The Hall–Kier alpha value is -0.560. The lowest BCUT2D eigenvalue weighted by atomic mass is 10.3. The van der Waals surface area contributed by atoms with Crippen LogP contribution >= 0.6 is 12.4 Å². The maximum atomic E-state index is 2.08. The summed E-state index contributed by atoms with van der Waals surface area (Å²) in [5.74, 6) is 0. The van der Waals surface area contributed by atoms with E-state index in [4.69, 9.17) is 0 Å². The van der Waals surface area contributed by atoms with Gasteiger partial charge in [-0.3, -0.25) is 0 Å². The second-order valence-corrected chi connectivity index (χ2v) is 2.04. The van der Waals surface area contributed by atoms with Crippen molar-refractivity contribution in [1.82, 2.24) is 0 Å². The van der Waals surface area contributed by atoms with Crippen LogP contribution in [0.15, 0.2) is 24.5 Å². The fourth-order valence-electron chi connectivity index (χ4n) is 0.576. The van der Waals surface area contributed by atoms with E-state index in [1.54, 1.807) is 0 Å². The van der Waals surface area contributed by atoms with Crippen LogP contribution in [-0.4, -0.2) is 0 Å². The highest BCUT2D eigenvalue weighted by molar-refractivity contribution is 5.85. The minimum Gasteiger partial charge on any atom is -0.208 e. The van der Waals surface area contributed by atoms with E-state index in [-0.39, 0.29) is 12.4 Å². The molecule has 0 saturated carbocycles. The molecule has 0 saturated heterocycles. The number of pyridine rings is 1. The molecule has 0 aliphatic heterocycles. The number of rotatable bonds is 0. The van der Waals surface area contributed by atoms with Gasteiger partial charge in [0.1, 0.15) is 7.05 Å². The highest BCUT2D eigenvalue weighted by Gasteiger charge is 1.85. The first kappa shape index (κ1) is 8.44. The topological polar surface area (TPSA) is 3.88 Å². The van der Waals surface area contributed by atoms with Crippen molar-refractivity contribution >= 4 is 12.4 Å². The molecule has 1 aromatic heterocycles. The largest absolute Gasteiger partial charge is 0.208 e. The Morgan fingerprint density at radius 3 is 2.00 bits per heavy atom. The van der Waals surface area contributed by atoms with Crippen LogP contribution in [0.4, 0.5) is 0 Å². The van der Waals surface area contributed by atoms with Crippen LogP contribution in [0.1, 0.15) is 5.56 Å². The first-order chi connectivity index (χ1) is 3.79. The fourth-order valence-corrected chi connectivity index (χ4v) is 0.576. The smallest absolute Gasteiger partial charge is 0.168 e. The van der Waals surface area contributed by atoms with Gasteiger partial charge >= 0.3 is 0 Å². The van der Waals surface area contributed by atoms with Crippen molar-refractivity contribution in [2.24, 2.45) is 7.05 Å². The molecular formula is C7H11ClN+. The van der Waals surface area contributed by atoms with Gasteiger partial charge in [-0.2, -0.15) is 0 Å². The SMILES string of the molecule is Cc1cc[n+](C)cc1.Cl. The van der Waals surface area contributed by atoms with E-state index in [9.17, 15) is 0 Å². The van der Waals surface area contributed by atoms with Crippen LogP contribution in [0.2, 0.25) is 0 Å². The second kappa shape index (κ2) is 3.46. The van der Waals surface area contributed by atoms with Crippen molar-refractivity contribution in [1.29, 1.82) is 0 Å². The highest BCUT2D eigenvalue weighted by atomic mass is 35.5. The van der Waals surface area contributed by atoms with Gasteiger partial charge < -0.3 is 0 Å². The molecule has 0 radical (unpaired) electrons. The monoisotopic (exact) mass is 144 g/mol. The van der Waals surface area contributed by atoms with Crippen LogP contribution in [0.3, 0.4) is 0 Å². The standard InChI is InChI=1S/C7H10N.ClH/c1-7-3-5-8(2)6-4-7;/h3-6H,1-2H3;1H/q+1;. The van der Waals surface area contributed by atoms with E-state index >= 15 is 0 Å². The summed E-state index contributed by atoms with van der Waals surface area (Å²) in [6.07, 6.45) is 4.07. The molecule has 9 heavy (non-hydrogen) atoms. The van der Waals surface area contributed by atoms with Crippen LogP contribution in [0.25, 0.3) is 0 Å². The molecule has 0 atom stereocenters. The van der Waals surface area contributed by atoms with Gasteiger partial charge in [0.15, 0.2) is 12.4 Å². The zero-order chi connectivity index (χ0) is 5.98. The third kappa shape index (κ3) is 2.47. The zero-order valence-corrected chi connectivity index (χ0v) is 6.48. The molecule has 50 valence electrons. The number of nitrogens with zero attached hydrogens (tertiary/aromatic N) is 1. The Bertz CT molecular complexity index is 148. The van der Waals surface area contributed by atoms with E-state index in [0.29, 0.717) is 0 Å². The lowest BCUT2D eigenvalue weighted by molar-refractivity contribution is -0.671. The first-order valence-electron chi connectivity index (χ1n) is 2.71. The minimum atomic E-state index is 0. The molecule has 1 rings (SSSR count). The Morgan fingerprint density at radius 2 is 1.67 bits per heavy atom. The molecule has 1 aromatic rings. The van der Waals surface area contributed by atoms with Crippen molar-refractivity contribution in [3.05, 3.63) is 30.1 Å². The summed E-state index contributed by atoms with van der Waals surface area (Å²) < 4.78 is 2.02. The average molecular weight is 145 g/mol. The number of halogens is 1. The summed E-state index contributed by atoms with van der Waals surface area (Å²) in [5.41, 5.74) is 1.31. The van der Waals surface area contributed by atoms with Crippen LogP contribution in [-0.2, 0) is 7.05 Å². The molecule has 0 aliphatic carbocycles. The first-order valence-corrected chi connectivity index (χ1v) is 2.71. The van der Waals surface area contributed by atoms with Gasteiger partial charge in [-0.1, -0.05) is 0 Å². The summed E-state index contributed by atoms with van der Waals surface area (Å²) in [7, 11) is 2.01. The Labute approximate surface area is 61.7 Å². The minimum absolute atomic E-state index is 0. The summed E-state index contributed by atoms with van der Waals surface area (Å²) >= 11 is 0. The molecule has 0 fully saturated rings. The van der Waals surface area contributed by atoms with Crippen LogP contribution in [0, 0.1) is 6.92 Å². The van der Waals surface area contributed by atoms with Crippen molar-refractivity contribution in [2.45, 2.75) is 6.92 Å².